The SMILES string of the molecule is CCNC(=NCCNC(=O)C(C)C)N1CCC(C(=O)OCC)CC1.I. The summed E-state index contributed by atoms with van der Waals surface area (Å²) in [6.45, 7) is 11.5. The van der Waals surface area contributed by atoms with Gasteiger partial charge < -0.3 is 20.3 Å². The molecule has 0 radical (unpaired) electrons. The molecule has 2 N–H and O–H groups in total. The summed E-state index contributed by atoms with van der Waals surface area (Å²) in [4.78, 5) is 30.1. The predicted molar refractivity (Wildman–Crippen MR) is 110 cm³/mol. The number of carbonyl (C=O) groups excluding carboxylic acids is 2. The average molecular weight is 468 g/mol. The maximum atomic E-state index is 11.8. The van der Waals surface area contributed by atoms with Crippen LogP contribution in [0.2, 0.25) is 0 Å². The van der Waals surface area contributed by atoms with Gasteiger partial charge in [0, 0.05) is 32.1 Å². The van der Waals surface area contributed by atoms with Crippen LogP contribution in [0.5, 0.6) is 0 Å². The van der Waals surface area contributed by atoms with Crippen molar-refractivity contribution < 1.29 is 14.3 Å². The van der Waals surface area contributed by atoms with Gasteiger partial charge >= 0.3 is 5.97 Å². The van der Waals surface area contributed by atoms with Gasteiger partial charge in [0.2, 0.25) is 5.91 Å². The van der Waals surface area contributed by atoms with Crippen LogP contribution >= 0.6 is 24.0 Å². The highest BCUT2D eigenvalue weighted by molar-refractivity contribution is 14.0. The van der Waals surface area contributed by atoms with E-state index in [0.29, 0.717) is 19.7 Å². The number of esters is 1. The molecule has 1 saturated heterocycles. The Morgan fingerprint density at radius 2 is 1.84 bits per heavy atom. The second-order valence-corrected chi connectivity index (χ2v) is 6.19. The number of rotatable bonds is 7. The summed E-state index contributed by atoms with van der Waals surface area (Å²) in [5.41, 5.74) is 0. The number of hydrogen-bond acceptors (Lipinski definition) is 4. The number of hydrogen-bond donors (Lipinski definition) is 2. The Kier molecular flexibility index (Phi) is 12.6. The quantitative estimate of drug-likeness (QED) is 0.195. The third-order valence-corrected chi connectivity index (χ3v) is 3.95. The zero-order chi connectivity index (χ0) is 17.9. The molecule has 0 saturated carbocycles. The molecule has 25 heavy (non-hydrogen) atoms. The fourth-order valence-electron chi connectivity index (χ4n) is 2.56. The van der Waals surface area contributed by atoms with Crippen LogP contribution < -0.4 is 10.6 Å². The van der Waals surface area contributed by atoms with Crippen molar-refractivity contribution in [3.8, 4) is 0 Å². The van der Waals surface area contributed by atoms with E-state index in [0.717, 1.165) is 38.4 Å². The van der Waals surface area contributed by atoms with Crippen LogP contribution in [0.15, 0.2) is 4.99 Å². The van der Waals surface area contributed by atoms with Crippen LogP contribution in [0.3, 0.4) is 0 Å². The molecule has 146 valence electrons. The molecule has 1 rings (SSSR count). The van der Waals surface area contributed by atoms with Gasteiger partial charge in [-0.2, -0.15) is 0 Å². The van der Waals surface area contributed by atoms with E-state index in [1.54, 1.807) is 0 Å². The van der Waals surface area contributed by atoms with Gasteiger partial charge in [-0.25, -0.2) is 0 Å². The lowest BCUT2D eigenvalue weighted by atomic mass is 9.97. The van der Waals surface area contributed by atoms with Gasteiger partial charge in [0.1, 0.15) is 0 Å². The Morgan fingerprint density at radius 3 is 2.36 bits per heavy atom. The highest BCUT2D eigenvalue weighted by Gasteiger charge is 2.27. The second-order valence-electron chi connectivity index (χ2n) is 6.19. The van der Waals surface area contributed by atoms with Gasteiger partial charge in [0.05, 0.1) is 19.1 Å². The second kappa shape index (κ2) is 13.2. The van der Waals surface area contributed by atoms with E-state index in [2.05, 4.69) is 20.5 Å². The molecule has 0 spiro atoms. The van der Waals surface area contributed by atoms with Crippen LogP contribution in [0.1, 0.15) is 40.5 Å². The number of nitrogens with zero attached hydrogens (tertiary/aromatic N) is 2. The largest absolute Gasteiger partial charge is 0.466 e. The standard InChI is InChI=1S/C17H32N4O3.HI/c1-5-18-17(20-10-9-19-15(22)13(3)4)21-11-7-14(8-12-21)16(23)24-6-2;/h13-14H,5-12H2,1-4H3,(H,18,20)(H,19,22);1H. The minimum absolute atomic E-state index is 0. The van der Waals surface area contributed by atoms with Crippen LogP contribution in [0.25, 0.3) is 0 Å². The van der Waals surface area contributed by atoms with Crippen molar-refractivity contribution in [2.24, 2.45) is 16.8 Å². The predicted octanol–water partition coefficient (Wildman–Crippen LogP) is 1.62. The molecule has 0 aliphatic carbocycles. The summed E-state index contributed by atoms with van der Waals surface area (Å²) in [6.07, 6.45) is 1.57. The molecule has 0 aromatic rings. The van der Waals surface area contributed by atoms with Gasteiger partial charge in [-0.1, -0.05) is 13.8 Å². The van der Waals surface area contributed by atoms with Crippen LogP contribution in [-0.4, -0.2) is 62.1 Å². The van der Waals surface area contributed by atoms with Crippen molar-refractivity contribution >= 4 is 41.8 Å². The van der Waals surface area contributed by atoms with Gasteiger partial charge in [-0.15, -0.1) is 24.0 Å². The molecule has 8 heteroatoms. The third kappa shape index (κ3) is 8.73. The summed E-state index contributed by atoms with van der Waals surface area (Å²) in [5.74, 6) is 0.790. The van der Waals surface area contributed by atoms with Crippen LogP contribution in [0.4, 0.5) is 0 Å². The van der Waals surface area contributed by atoms with Gasteiger partial charge in [-0.05, 0) is 26.7 Å². The molecule has 7 nitrogen and oxygen atoms in total. The topological polar surface area (TPSA) is 83.0 Å². The first-order chi connectivity index (χ1) is 11.5. The minimum atomic E-state index is -0.0875. The first-order valence-corrected chi connectivity index (χ1v) is 8.97. The van der Waals surface area contributed by atoms with Crippen LogP contribution in [0, 0.1) is 11.8 Å². The fraction of sp³-hybridized carbons (Fsp3) is 0.824. The Balaban J connectivity index is 0.00000576. The fourth-order valence-corrected chi connectivity index (χ4v) is 2.56. The molecule has 0 unspecified atom stereocenters. The summed E-state index contributed by atoms with van der Waals surface area (Å²) < 4.78 is 5.10. The van der Waals surface area contributed by atoms with E-state index in [9.17, 15) is 9.59 Å². The third-order valence-electron chi connectivity index (χ3n) is 3.95. The van der Waals surface area contributed by atoms with Gasteiger partial charge in [0.25, 0.3) is 0 Å². The number of guanidine groups is 1. The Bertz CT molecular complexity index is 436. The molecule has 0 atom stereocenters. The molecular formula is C17H33IN4O3. The number of piperidine rings is 1. The van der Waals surface area contributed by atoms with Crippen molar-refractivity contribution in [2.75, 3.05) is 39.3 Å². The smallest absolute Gasteiger partial charge is 0.309 e. The Morgan fingerprint density at radius 1 is 1.20 bits per heavy atom. The van der Waals surface area contributed by atoms with E-state index in [1.807, 2.05) is 27.7 Å². The number of ether oxygens (including phenoxy) is 1. The molecule has 0 aromatic carbocycles. The van der Waals surface area contributed by atoms with Crippen LogP contribution in [-0.2, 0) is 14.3 Å². The lowest BCUT2D eigenvalue weighted by molar-refractivity contribution is -0.149. The molecule has 1 aliphatic heterocycles. The molecular weight excluding hydrogens is 435 g/mol. The zero-order valence-electron chi connectivity index (χ0n) is 15.8. The molecule has 1 heterocycles. The van der Waals surface area contributed by atoms with Crippen molar-refractivity contribution in [1.29, 1.82) is 0 Å². The van der Waals surface area contributed by atoms with E-state index in [1.165, 1.54) is 0 Å². The van der Waals surface area contributed by atoms with Crippen molar-refractivity contribution in [3.05, 3.63) is 0 Å². The van der Waals surface area contributed by atoms with E-state index >= 15 is 0 Å². The normalized spacial score (nSPS) is 15.6. The number of carbonyl (C=O) groups is 2. The molecule has 1 amide bonds. The van der Waals surface area contributed by atoms with Gasteiger partial charge in [-0.3, -0.25) is 14.6 Å². The van der Waals surface area contributed by atoms with Crippen molar-refractivity contribution in [2.45, 2.75) is 40.5 Å². The number of nitrogens with one attached hydrogen (secondary N) is 2. The molecule has 0 bridgehead atoms. The molecule has 0 aromatic heterocycles. The summed E-state index contributed by atoms with van der Waals surface area (Å²) in [5, 5.41) is 6.14. The van der Waals surface area contributed by atoms with E-state index in [-0.39, 0.29) is 47.7 Å². The molecule has 1 aliphatic rings. The maximum Gasteiger partial charge on any atom is 0.309 e. The molecule has 1 fully saturated rings. The highest BCUT2D eigenvalue weighted by Crippen LogP contribution is 2.18. The lowest BCUT2D eigenvalue weighted by Crippen LogP contribution is -2.47. The Labute approximate surface area is 168 Å². The van der Waals surface area contributed by atoms with Crippen molar-refractivity contribution in [1.82, 2.24) is 15.5 Å². The minimum Gasteiger partial charge on any atom is -0.466 e. The number of aliphatic imine (C=N–C) groups is 1. The lowest BCUT2D eigenvalue weighted by Gasteiger charge is -2.33. The highest BCUT2D eigenvalue weighted by atomic mass is 127. The maximum absolute atomic E-state index is 11.8. The average Bonchev–Trinajstić information content (AvgIpc) is 2.57. The van der Waals surface area contributed by atoms with Crippen molar-refractivity contribution in [3.63, 3.8) is 0 Å². The Hall–Kier alpha value is -1.06. The first-order valence-electron chi connectivity index (χ1n) is 8.97. The summed E-state index contributed by atoms with van der Waals surface area (Å²) >= 11 is 0. The number of likely N-dealkylation sites (tertiary alicyclic amines) is 1. The summed E-state index contributed by atoms with van der Waals surface area (Å²) in [6, 6.07) is 0. The zero-order valence-corrected chi connectivity index (χ0v) is 18.2. The van der Waals surface area contributed by atoms with Gasteiger partial charge in [0.15, 0.2) is 5.96 Å². The monoisotopic (exact) mass is 468 g/mol. The number of amides is 1. The van der Waals surface area contributed by atoms with E-state index in [4.69, 9.17) is 4.74 Å². The first kappa shape index (κ1) is 23.9. The summed E-state index contributed by atoms with van der Waals surface area (Å²) in [7, 11) is 0. The number of halogens is 1. The van der Waals surface area contributed by atoms with E-state index < -0.39 is 0 Å².